The fourth-order valence-electron chi connectivity index (χ4n) is 4.22. The molecule has 0 bridgehead atoms. The number of furan rings is 1. The van der Waals surface area contributed by atoms with Gasteiger partial charge in [-0.3, -0.25) is 5.10 Å². The third-order valence-electron chi connectivity index (χ3n) is 6.01. The fraction of sp³-hybridized carbons (Fsp3) is 0.148. The predicted molar refractivity (Wildman–Crippen MR) is 131 cm³/mol. The number of carbonyl (C=O) groups excluding carboxylic acids is 1. The van der Waals surface area contributed by atoms with Crippen molar-refractivity contribution in [2.75, 3.05) is 14.2 Å². The zero-order valence-corrected chi connectivity index (χ0v) is 20.2. The van der Waals surface area contributed by atoms with E-state index >= 15 is 0 Å². The van der Waals surface area contributed by atoms with Gasteiger partial charge < -0.3 is 29.1 Å². The van der Waals surface area contributed by atoms with Crippen molar-refractivity contribution in [3.63, 3.8) is 0 Å². The van der Waals surface area contributed by atoms with Crippen LogP contribution in [-0.4, -0.2) is 30.4 Å². The van der Waals surface area contributed by atoms with Crippen molar-refractivity contribution >= 4 is 5.97 Å². The normalized spacial score (nSPS) is 14.4. The Morgan fingerprint density at radius 2 is 1.84 bits per heavy atom. The molecule has 37 heavy (non-hydrogen) atoms. The monoisotopic (exact) mass is 498 g/mol. The Kier molecular flexibility index (Phi) is 6.03. The van der Waals surface area contributed by atoms with Crippen molar-refractivity contribution in [2.45, 2.75) is 12.8 Å². The van der Waals surface area contributed by atoms with Crippen LogP contribution in [0.25, 0.3) is 11.3 Å². The Hall–Kier alpha value is -5.17. The maximum absolute atomic E-state index is 12.6. The van der Waals surface area contributed by atoms with Gasteiger partial charge in [-0.15, -0.1) is 5.10 Å². The van der Waals surface area contributed by atoms with Gasteiger partial charge >= 0.3 is 5.97 Å². The van der Waals surface area contributed by atoms with Crippen LogP contribution in [-0.2, 0) is 0 Å². The standard InChI is InChI=1S/C27H22N4O6/c1-14-6-8-15(9-7-14)23-22-21(17(13-28)25(29)37-26(22)31-30-23)16-11-19(33-2)24(20(12-16)34-3)36-27(32)18-5-4-10-35-18/h4-12,21H,29H2,1-3H3,(H,30,31). The van der Waals surface area contributed by atoms with Crippen LogP contribution in [0.2, 0.25) is 0 Å². The second kappa shape index (κ2) is 9.47. The van der Waals surface area contributed by atoms with Gasteiger partial charge in [-0.05, 0) is 36.8 Å². The molecule has 186 valence electrons. The number of hydrogen-bond acceptors (Lipinski definition) is 9. The molecule has 0 amide bonds. The van der Waals surface area contributed by atoms with Gasteiger partial charge in [0, 0.05) is 5.56 Å². The van der Waals surface area contributed by atoms with Crippen LogP contribution in [0.15, 0.2) is 70.7 Å². The minimum Gasteiger partial charge on any atom is -0.493 e. The number of allylic oxidation sites excluding steroid dienone is 1. The topological polar surface area (TPSA) is 146 Å². The van der Waals surface area contributed by atoms with Crippen LogP contribution in [0.3, 0.4) is 0 Å². The summed E-state index contributed by atoms with van der Waals surface area (Å²) >= 11 is 0. The number of methoxy groups -OCH3 is 2. The van der Waals surface area contributed by atoms with Crippen molar-refractivity contribution in [3.8, 4) is 40.5 Å². The van der Waals surface area contributed by atoms with E-state index in [0.717, 1.165) is 11.1 Å². The molecule has 1 aliphatic rings. The highest BCUT2D eigenvalue weighted by Gasteiger charge is 2.37. The summed E-state index contributed by atoms with van der Waals surface area (Å²) in [7, 11) is 2.87. The molecule has 1 aliphatic heterocycles. The smallest absolute Gasteiger partial charge is 0.379 e. The van der Waals surface area contributed by atoms with Gasteiger partial charge in [0.05, 0.1) is 37.7 Å². The van der Waals surface area contributed by atoms with E-state index in [4.69, 9.17) is 29.1 Å². The average Bonchev–Trinajstić information content (AvgIpc) is 3.59. The number of nitriles is 1. The molecule has 1 unspecified atom stereocenters. The van der Waals surface area contributed by atoms with Gasteiger partial charge in [0.2, 0.25) is 23.3 Å². The van der Waals surface area contributed by atoms with Gasteiger partial charge in [-0.2, -0.15) is 5.26 Å². The van der Waals surface area contributed by atoms with E-state index < -0.39 is 11.9 Å². The molecule has 0 spiro atoms. The number of rotatable bonds is 6. The van der Waals surface area contributed by atoms with E-state index in [9.17, 15) is 10.1 Å². The highest BCUT2D eigenvalue weighted by atomic mass is 16.6. The molecule has 0 saturated heterocycles. The van der Waals surface area contributed by atoms with Gasteiger partial charge in [0.25, 0.3) is 0 Å². The quantitative estimate of drug-likeness (QED) is 0.291. The number of hydrogen-bond donors (Lipinski definition) is 2. The SMILES string of the molecule is COc1cc(C2C(C#N)=C(N)Oc3n[nH]c(-c4ccc(C)cc4)c32)cc(OC)c1OC(=O)c1ccco1. The molecule has 0 fully saturated rings. The lowest BCUT2D eigenvalue weighted by Gasteiger charge is -2.25. The van der Waals surface area contributed by atoms with Crippen molar-refractivity contribution < 1.29 is 28.2 Å². The van der Waals surface area contributed by atoms with E-state index in [1.165, 1.54) is 26.5 Å². The predicted octanol–water partition coefficient (Wildman–Crippen LogP) is 4.43. The maximum atomic E-state index is 12.6. The summed E-state index contributed by atoms with van der Waals surface area (Å²) in [6, 6.07) is 16.4. The summed E-state index contributed by atoms with van der Waals surface area (Å²) in [5, 5.41) is 17.4. The van der Waals surface area contributed by atoms with Crippen molar-refractivity contribution in [2.24, 2.45) is 5.73 Å². The molecular weight excluding hydrogens is 476 g/mol. The largest absolute Gasteiger partial charge is 0.493 e. The minimum atomic E-state index is -0.721. The molecule has 1 atom stereocenters. The first-order valence-electron chi connectivity index (χ1n) is 11.2. The summed E-state index contributed by atoms with van der Waals surface area (Å²) in [6.45, 7) is 1.99. The highest BCUT2D eigenvalue weighted by Crippen LogP contribution is 2.49. The molecule has 2 aromatic carbocycles. The zero-order chi connectivity index (χ0) is 26.1. The minimum absolute atomic E-state index is 0.0193. The van der Waals surface area contributed by atoms with Crippen LogP contribution in [0, 0.1) is 18.3 Å². The number of aromatic amines is 1. The van der Waals surface area contributed by atoms with Gasteiger partial charge in [-0.25, -0.2) is 4.79 Å². The van der Waals surface area contributed by atoms with Crippen LogP contribution in [0.4, 0.5) is 0 Å². The number of carbonyl (C=O) groups is 1. The Labute approximate surface area is 211 Å². The molecule has 0 saturated carbocycles. The summed E-state index contributed by atoms with van der Waals surface area (Å²) in [5.74, 6) is -0.717. The summed E-state index contributed by atoms with van der Waals surface area (Å²) in [6.07, 6.45) is 1.37. The van der Waals surface area contributed by atoms with Crippen molar-refractivity contribution in [3.05, 3.63) is 88.7 Å². The Morgan fingerprint density at radius 3 is 2.43 bits per heavy atom. The first kappa shape index (κ1) is 23.6. The number of ether oxygens (including phenoxy) is 4. The molecule has 10 nitrogen and oxygen atoms in total. The fourth-order valence-corrected chi connectivity index (χ4v) is 4.22. The van der Waals surface area contributed by atoms with Crippen LogP contribution >= 0.6 is 0 Å². The van der Waals surface area contributed by atoms with Crippen LogP contribution < -0.4 is 24.7 Å². The lowest BCUT2D eigenvalue weighted by Crippen LogP contribution is -2.21. The molecule has 0 aliphatic carbocycles. The van der Waals surface area contributed by atoms with E-state index in [1.54, 1.807) is 18.2 Å². The first-order chi connectivity index (χ1) is 17.9. The molecule has 2 aromatic heterocycles. The Bertz CT molecular complexity index is 1520. The number of aryl methyl sites for hydroxylation is 1. The molecule has 5 rings (SSSR count). The number of esters is 1. The van der Waals surface area contributed by atoms with E-state index in [-0.39, 0.29) is 40.3 Å². The molecule has 3 heterocycles. The number of nitrogens with zero attached hydrogens (tertiary/aromatic N) is 2. The average molecular weight is 498 g/mol. The molecule has 3 N–H and O–H groups in total. The van der Waals surface area contributed by atoms with Crippen molar-refractivity contribution in [1.29, 1.82) is 5.26 Å². The number of fused-ring (bicyclic) bond motifs is 1. The third-order valence-corrected chi connectivity index (χ3v) is 6.01. The lowest BCUT2D eigenvalue weighted by atomic mass is 9.82. The van der Waals surface area contributed by atoms with E-state index in [0.29, 0.717) is 16.8 Å². The van der Waals surface area contributed by atoms with Crippen LogP contribution in [0.1, 0.15) is 33.2 Å². The van der Waals surface area contributed by atoms with E-state index in [1.807, 2.05) is 31.2 Å². The molecular formula is C27H22N4O6. The molecule has 4 aromatic rings. The zero-order valence-electron chi connectivity index (χ0n) is 20.2. The molecule has 10 heteroatoms. The third kappa shape index (κ3) is 4.12. The van der Waals surface area contributed by atoms with Gasteiger partial charge in [0.1, 0.15) is 11.6 Å². The number of nitrogens with two attached hydrogens (primary N) is 1. The Balaban J connectivity index is 1.66. The summed E-state index contributed by atoms with van der Waals surface area (Å²) in [4.78, 5) is 12.6. The maximum Gasteiger partial charge on any atom is 0.379 e. The number of nitrogens with one attached hydrogen (secondary N) is 1. The molecule has 0 radical (unpaired) electrons. The van der Waals surface area contributed by atoms with Gasteiger partial charge in [0.15, 0.2) is 11.5 Å². The number of H-pyrrole nitrogens is 1. The number of aromatic nitrogens is 2. The highest BCUT2D eigenvalue weighted by molar-refractivity contribution is 5.89. The lowest BCUT2D eigenvalue weighted by molar-refractivity contribution is 0.0691. The number of benzene rings is 2. The summed E-state index contributed by atoms with van der Waals surface area (Å²) < 4.78 is 27.5. The van der Waals surface area contributed by atoms with E-state index in [2.05, 4.69) is 16.3 Å². The summed E-state index contributed by atoms with van der Waals surface area (Å²) in [5.41, 5.74) is 10.2. The van der Waals surface area contributed by atoms with Crippen LogP contribution in [0.5, 0.6) is 23.1 Å². The van der Waals surface area contributed by atoms with Crippen molar-refractivity contribution in [1.82, 2.24) is 10.2 Å². The first-order valence-corrected chi connectivity index (χ1v) is 11.2. The van der Waals surface area contributed by atoms with Gasteiger partial charge in [-0.1, -0.05) is 29.8 Å². The second-order valence-electron chi connectivity index (χ2n) is 8.23. The Morgan fingerprint density at radius 1 is 1.14 bits per heavy atom. The second-order valence-corrected chi connectivity index (χ2v) is 8.23.